The Hall–Kier alpha value is -4.07. The predicted octanol–water partition coefficient (Wildman–Crippen LogP) is 3.78. The highest BCUT2D eigenvalue weighted by molar-refractivity contribution is 6.06. The van der Waals surface area contributed by atoms with Gasteiger partial charge in [0.05, 0.1) is 18.4 Å². The molecule has 0 unspecified atom stereocenters. The molecule has 2 N–H and O–H groups in total. The SMILES string of the molecule is C=CCOc1ccccc1[C@@H]1C(C(=O)Nc2ccccc2OC)=C(C)Nc2ncnn21. The summed E-state index contributed by atoms with van der Waals surface area (Å²) in [6.07, 6.45) is 3.13. The molecule has 0 fully saturated rings. The van der Waals surface area contributed by atoms with Crippen molar-refractivity contribution in [3.63, 3.8) is 0 Å². The topological polar surface area (TPSA) is 90.3 Å². The second kappa shape index (κ2) is 8.74. The average Bonchev–Trinajstić information content (AvgIpc) is 3.25. The van der Waals surface area contributed by atoms with E-state index in [9.17, 15) is 4.79 Å². The molecule has 8 heteroatoms. The summed E-state index contributed by atoms with van der Waals surface area (Å²) < 4.78 is 12.9. The van der Waals surface area contributed by atoms with Gasteiger partial charge in [0.25, 0.3) is 5.91 Å². The van der Waals surface area contributed by atoms with Crippen molar-refractivity contribution in [2.45, 2.75) is 13.0 Å². The van der Waals surface area contributed by atoms with Crippen molar-refractivity contribution in [1.29, 1.82) is 0 Å². The van der Waals surface area contributed by atoms with Crippen LogP contribution in [-0.2, 0) is 4.79 Å². The molecule has 1 aliphatic heterocycles. The quantitative estimate of drug-likeness (QED) is 0.569. The summed E-state index contributed by atoms with van der Waals surface area (Å²) >= 11 is 0. The van der Waals surface area contributed by atoms with E-state index in [1.807, 2.05) is 43.3 Å². The Balaban J connectivity index is 1.79. The van der Waals surface area contributed by atoms with Gasteiger partial charge in [-0.2, -0.15) is 10.1 Å². The zero-order valence-electron chi connectivity index (χ0n) is 17.3. The smallest absolute Gasteiger partial charge is 0.255 e. The van der Waals surface area contributed by atoms with Crippen molar-refractivity contribution in [2.24, 2.45) is 0 Å². The average molecular weight is 417 g/mol. The van der Waals surface area contributed by atoms with Gasteiger partial charge >= 0.3 is 0 Å². The standard InChI is InChI=1S/C23H23N5O3/c1-4-13-31-18-11-7-5-9-16(18)21-20(15(2)26-23-24-14-25-28(21)23)22(29)27-17-10-6-8-12-19(17)30-3/h4-12,14,21H,1,13H2,2-3H3,(H,27,29)(H,24,25,26)/t21-/m1/s1. The molecule has 1 aromatic heterocycles. The number of carbonyl (C=O) groups excluding carboxylic acids is 1. The number of hydrogen-bond donors (Lipinski definition) is 2. The third kappa shape index (κ3) is 3.87. The zero-order chi connectivity index (χ0) is 21.8. The van der Waals surface area contributed by atoms with E-state index in [1.165, 1.54) is 6.33 Å². The summed E-state index contributed by atoms with van der Waals surface area (Å²) in [5.74, 6) is 1.49. The molecule has 1 aliphatic rings. The molecule has 3 aromatic rings. The number of benzene rings is 2. The molecule has 0 aliphatic carbocycles. The highest BCUT2D eigenvalue weighted by Crippen LogP contribution is 2.39. The predicted molar refractivity (Wildman–Crippen MR) is 118 cm³/mol. The van der Waals surface area contributed by atoms with E-state index in [1.54, 1.807) is 30.0 Å². The van der Waals surface area contributed by atoms with E-state index in [0.717, 1.165) is 5.56 Å². The monoisotopic (exact) mass is 417 g/mol. The molecule has 2 heterocycles. The van der Waals surface area contributed by atoms with Crippen molar-refractivity contribution < 1.29 is 14.3 Å². The maximum atomic E-state index is 13.5. The van der Waals surface area contributed by atoms with Gasteiger partial charge < -0.3 is 20.1 Å². The van der Waals surface area contributed by atoms with Gasteiger partial charge in [-0.15, -0.1) is 0 Å². The fraction of sp³-hybridized carbons (Fsp3) is 0.174. The molecule has 1 amide bonds. The Kier molecular flexibility index (Phi) is 5.70. The Labute approximate surface area is 180 Å². The van der Waals surface area contributed by atoms with Crippen LogP contribution < -0.4 is 20.1 Å². The van der Waals surface area contributed by atoms with Crippen LogP contribution in [0, 0.1) is 0 Å². The summed E-state index contributed by atoms with van der Waals surface area (Å²) in [7, 11) is 1.56. The number of nitrogens with one attached hydrogen (secondary N) is 2. The largest absolute Gasteiger partial charge is 0.495 e. The third-order valence-electron chi connectivity index (χ3n) is 4.96. The fourth-order valence-electron chi connectivity index (χ4n) is 3.60. The van der Waals surface area contributed by atoms with Gasteiger partial charge in [-0.25, -0.2) is 4.68 Å². The van der Waals surface area contributed by atoms with Gasteiger partial charge in [-0.1, -0.05) is 43.0 Å². The van der Waals surface area contributed by atoms with Crippen LogP contribution in [0.2, 0.25) is 0 Å². The molecule has 1 atom stereocenters. The van der Waals surface area contributed by atoms with E-state index in [2.05, 4.69) is 27.3 Å². The van der Waals surface area contributed by atoms with Crippen LogP contribution in [0.15, 0.2) is 78.8 Å². The number of rotatable bonds is 7. The molecule has 0 saturated heterocycles. The lowest BCUT2D eigenvalue weighted by molar-refractivity contribution is -0.113. The van der Waals surface area contributed by atoms with E-state index < -0.39 is 6.04 Å². The molecule has 8 nitrogen and oxygen atoms in total. The first-order chi connectivity index (χ1) is 15.1. The van der Waals surface area contributed by atoms with Gasteiger partial charge in [0.1, 0.15) is 30.5 Å². The molecule has 158 valence electrons. The number of amides is 1. The number of nitrogens with zero attached hydrogens (tertiary/aromatic N) is 3. The summed E-state index contributed by atoms with van der Waals surface area (Å²) in [6.45, 7) is 5.90. The van der Waals surface area contributed by atoms with Crippen LogP contribution >= 0.6 is 0 Å². The van der Waals surface area contributed by atoms with Crippen LogP contribution in [-0.4, -0.2) is 34.4 Å². The van der Waals surface area contributed by atoms with E-state index in [0.29, 0.717) is 41.0 Å². The number of methoxy groups -OCH3 is 1. The van der Waals surface area contributed by atoms with Crippen molar-refractivity contribution >= 4 is 17.5 Å². The Morgan fingerprint density at radius 2 is 1.97 bits per heavy atom. The minimum Gasteiger partial charge on any atom is -0.495 e. The number of hydrogen-bond acceptors (Lipinski definition) is 6. The van der Waals surface area contributed by atoms with Crippen molar-refractivity contribution in [3.8, 4) is 11.5 Å². The lowest BCUT2D eigenvalue weighted by atomic mass is 9.94. The number of fused-ring (bicyclic) bond motifs is 1. The van der Waals surface area contributed by atoms with Crippen molar-refractivity contribution in [1.82, 2.24) is 14.8 Å². The van der Waals surface area contributed by atoms with Gasteiger partial charge in [0, 0.05) is 11.3 Å². The zero-order valence-corrected chi connectivity index (χ0v) is 17.3. The molecule has 4 rings (SSSR count). The van der Waals surface area contributed by atoms with Crippen molar-refractivity contribution in [2.75, 3.05) is 24.4 Å². The Morgan fingerprint density at radius 3 is 2.74 bits per heavy atom. The first-order valence-electron chi connectivity index (χ1n) is 9.78. The minimum absolute atomic E-state index is 0.279. The Bertz CT molecular complexity index is 1150. The molecule has 0 spiro atoms. The number of para-hydroxylation sites is 3. The lowest BCUT2D eigenvalue weighted by Gasteiger charge is -2.29. The lowest BCUT2D eigenvalue weighted by Crippen LogP contribution is -2.31. The normalized spacial score (nSPS) is 15.0. The van der Waals surface area contributed by atoms with Crippen molar-refractivity contribution in [3.05, 3.63) is 84.3 Å². The van der Waals surface area contributed by atoms with E-state index >= 15 is 0 Å². The van der Waals surface area contributed by atoms with Crippen LogP contribution in [0.5, 0.6) is 11.5 Å². The molecule has 31 heavy (non-hydrogen) atoms. The fourth-order valence-corrected chi connectivity index (χ4v) is 3.60. The van der Waals surface area contributed by atoms with Gasteiger partial charge in [-0.3, -0.25) is 4.79 Å². The first kappa shape index (κ1) is 20.2. The second-order valence-corrected chi connectivity index (χ2v) is 6.89. The van der Waals surface area contributed by atoms with E-state index in [-0.39, 0.29) is 5.91 Å². The highest BCUT2D eigenvalue weighted by Gasteiger charge is 2.35. The summed E-state index contributed by atoms with van der Waals surface area (Å²) in [5.41, 5.74) is 2.55. The molecular formula is C23H23N5O3. The van der Waals surface area contributed by atoms with Crippen LogP contribution in [0.25, 0.3) is 0 Å². The number of anilines is 2. The maximum Gasteiger partial charge on any atom is 0.255 e. The van der Waals surface area contributed by atoms with Crippen LogP contribution in [0.1, 0.15) is 18.5 Å². The molecular weight excluding hydrogens is 394 g/mol. The molecule has 0 bridgehead atoms. The summed E-state index contributed by atoms with van der Waals surface area (Å²) in [6, 6.07) is 14.3. The third-order valence-corrected chi connectivity index (χ3v) is 4.96. The molecule has 0 radical (unpaired) electrons. The first-order valence-corrected chi connectivity index (χ1v) is 9.78. The number of aromatic nitrogens is 3. The van der Waals surface area contributed by atoms with Gasteiger partial charge in [0.15, 0.2) is 0 Å². The van der Waals surface area contributed by atoms with Gasteiger partial charge in [-0.05, 0) is 25.1 Å². The maximum absolute atomic E-state index is 13.5. The van der Waals surface area contributed by atoms with Gasteiger partial charge in [0.2, 0.25) is 5.95 Å². The number of ether oxygens (including phenoxy) is 2. The molecule has 2 aromatic carbocycles. The second-order valence-electron chi connectivity index (χ2n) is 6.89. The molecule has 0 saturated carbocycles. The van der Waals surface area contributed by atoms with Crippen LogP contribution in [0.3, 0.4) is 0 Å². The number of carbonyl (C=O) groups is 1. The minimum atomic E-state index is -0.533. The summed E-state index contributed by atoms with van der Waals surface area (Å²) in [5, 5.41) is 10.5. The highest BCUT2D eigenvalue weighted by atomic mass is 16.5. The van der Waals surface area contributed by atoms with Crippen LogP contribution in [0.4, 0.5) is 11.6 Å². The number of allylic oxidation sites excluding steroid dienone is 1. The Morgan fingerprint density at radius 1 is 1.23 bits per heavy atom. The summed E-state index contributed by atoms with van der Waals surface area (Å²) in [4.78, 5) is 17.8. The van der Waals surface area contributed by atoms with E-state index in [4.69, 9.17) is 9.47 Å².